The standard InChI is InChI=1S/C34H46N4O7/c1-7-20-15-21-11-9-8-10-12-25-30(36-26-17-22(42-5)13-14-24(26)35-25)44-23-18-27(32(40)43-6)38(19-23)31(39)29(34(2,3)4)37-33(41)45-28(21)16-20/h7,13-14,17,20-21,23,27-29H,1,8-12,15-16,18-19H2,2-6H3,(H,37,41)/t20-,21-,23-,27+,28-,29-/m1/s1. The van der Waals surface area contributed by atoms with Gasteiger partial charge in [-0.2, -0.15) is 0 Å². The smallest absolute Gasteiger partial charge is 0.408 e. The number of rotatable bonds is 3. The summed E-state index contributed by atoms with van der Waals surface area (Å²) in [5.41, 5.74) is 1.43. The molecule has 0 spiro atoms. The maximum absolute atomic E-state index is 14.2. The number of carbonyl (C=O) groups excluding carboxylic acids is 3. The fraction of sp³-hybridized carbons (Fsp3) is 0.618. The molecule has 6 atom stereocenters. The van der Waals surface area contributed by atoms with E-state index in [1.165, 1.54) is 12.0 Å². The van der Waals surface area contributed by atoms with E-state index >= 15 is 0 Å². The van der Waals surface area contributed by atoms with Crippen molar-refractivity contribution in [1.82, 2.24) is 20.2 Å². The van der Waals surface area contributed by atoms with Gasteiger partial charge in [0, 0.05) is 12.5 Å². The van der Waals surface area contributed by atoms with Gasteiger partial charge in [0.15, 0.2) is 0 Å². The third-order valence-corrected chi connectivity index (χ3v) is 9.33. The van der Waals surface area contributed by atoms with Crippen LogP contribution in [0, 0.1) is 17.3 Å². The minimum atomic E-state index is -0.951. The van der Waals surface area contributed by atoms with Crippen LogP contribution in [0.15, 0.2) is 30.9 Å². The molecule has 2 amide bonds. The lowest BCUT2D eigenvalue weighted by molar-refractivity contribution is -0.152. The van der Waals surface area contributed by atoms with Crippen LogP contribution in [0.4, 0.5) is 4.79 Å². The van der Waals surface area contributed by atoms with Crippen molar-refractivity contribution >= 4 is 29.0 Å². The Balaban J connectivity index is 1.51. The second-order valence-electron chi connectivity index (χ2n) is 13.5. The molecule has 1 aliphatic carbocycles. The van der Waals surface area contributed by atoms with Gasteiger partial charge in [-0.05, 0) is 61.5 Å². The highest BCUT2D eigenvalue weighted by Crippen LogP contribution is 2.38. The zero-order chi connectivity index (χ0) is 32.3. The Labute approximate surface area is 265 Å². The molecule has 3 heterocycles. The number of aromatic nitrogens is 2. The van der Waals surface area contributed by atoms with Crippen molar-refractivity contribution in [2.24, 2.45) is 17.3 Å². The number of hydrogen-bond donors (Lipinski definition) is 1. The van der Waals surface area contributed by atoms with Crippen molar-refractivity contribution < 1.29 is 33.3 Å². The number of carbonyl (C=O) groups is 3. The zero-order valence-electron chi connectivity index (χ0n) is 27.0. The van der Waals surface area contributed by atoms with Gasteiger partial charge < -0.3 is 29.2 Å². The van der Waals surface area contributed by atoms with Gasteiger partial charge in [-0.1, -0.05) is 39.7 Å². The number of esters is 1. The predicted molar refractivity (Wildman–Crippen MR) is 168 cm³/mol. The summed E-state index contributed by atoms with van der Waals surface area (Å²) in [6.07, 6.45) is 6.76. The Morgan fingerprint density at radius 2 is 1.87 bits per heavy atom. The number of fused-ring (bicyclic) bond motifs is 5. The van der Waals surface area contributed by atoms with Crippen LogP contribution in [0.25, 0.3) is 11.0 Å². The molecule has 11 heteroatoms. The van der Waals surface area contributed by atoms with Crippen molar-refractivity contribution in [2.45, 2.75) is 96.4 Å². The van der Waals surface area contributed by atoms with Gasteiger partial charge in [-0.3, -0.25) is 4.79 Å². The minimum absolute atomic E-state index is 0.116. The Bertz CT molecular complexity index is 1420. The molecular weight excluding hydrogens is 576 g/mol. The number of methoxy groups -OCH3 is 2. The van der Waals surface area contributed by atoms with Crippen molar-refractivity contribution in [3.63, 3.8) is 0 Å². The van der Waals surface area contributed by atoms with E-state index in [9.17, 15) is 14.4 Å². The molecule has 2 aromatic rings. The molecular formula is C34H46N4O7. The van der Waals surface area contributed by atoms with Crippen LogP contribution < -0.4 is 14.8 Å². The van der Waals surface area contributed by atoms with Crippen LogP contribution in [-0.4, -0.2) is 77.9 Å². The van der Waals surface area contributed by atoms with Crippen LogP contribution in [0.5, 0.6) is 11.6 Å². The summed E-state index contributed by atoms with van der Waals surface area (Å²) in [6.45, 7) is 9.71. The van der Waals surface area contributed by atoms with Gasteiger partial charge in [0.25, 0.3) is 0 Å². The van der Waals surface area contributed by atoms with E-state index in [0.717, 1.165) is 43.3 Å². The lowest BCUT2D eigenvalue weighted by Crippen LogP contribution is -2.57. The molecule has 1 aromatic carbocycles. The van der Waals surface area contributed by atoms with E-state index in [4.69, 9.17) is 28.9 Å². The van der Waals surface area contributed by atoms with Gasteiger partial charge in [-0.15, -0.1) is 6.58 Å². The highest BCUT2D eigenvalue weighted by atomic mass is 16.6. The highest BCUT2D eigenvalue weighted by Gasteiger charge is 2.47. The molecule has 2 fully saturated rings. The summed E-state index contributed by atoms with van der Waals surface area (Å²) in [5.74, 6) is 0.578. The second kappa shape index (κ2) is 13.6. The van der Waals surface area contributed by atoms with E-state index in [2.05, 4.69) is 11.9 Å². The first-order chi connectivity index (χ1) is 21.5. The number of amides is 2. The van der Waals surface area contributed by atoms with E-state index in [-0.39, 0.29) is 30.9 Å². The van der Waals surface area contributed by atoms with E-state index in [1.54, 1.807) is 7.11 Å². The summed E-state index contributed by atoms with van der Waals surface area (Å²) in [5, 5.41) is 2.86. The first-order valence-electron chi connectivity index (χ1n) is 16.0. The Kier molecular flexibility index (Phi) is 9.84. The average molecular weight is 623 g/mol. The molecule has 2 aliphatic heterocycles. The van der Waals surface area contributed by atoms with Crippen LogP contribution >= 0.6 is 0 Å². The van der Waals surface area contributed by atoms with Crippen molar-refractivity contribution in [3.05, 3.63) is 36.5 Å². The van der Waals surface area contributed by atoms with Gasteiger partial charge >= 0.3 is 12.1 Å². The molecule has 0 unspecified atom stereocenters. The topological polar surface area (TPSA) is 129 Å². The van der Waals surface area contributed by atoms with E-state index in [0.29, 0.717) is 30.0 Å². The third kappa shape index (κ3) is 7.34. The minimum Gasteiger partial charge on any atom is -0.497 e. The summed E-state index contributed by atoms with van der Waals surface area (Å²) >= 11 is 0. The quantitative estimate of drug-likeness (QED) is 0.371. The van der Waals surface area contributed by atoms with Crippen LogP contribution in [0.3, 0.4) is 0 Å². The second-order valence-corrected chi connectivity index (χ2v) is 13.5. The third-order valence-electron chi connectivity index (χ3n) is 9.33. The lowest BCUT2D eigenvalue weighted by Gasteiger charge is -2.35. The molecule has 1 N–H and O–H groups in total. The number of nitrogens with one attached hydrogen (secondary N) is 1. The molecule has 11 nitrogen and oxygen atoms in total. The highest BCUT2D eigenvalue weighted by molar-refractivity contribution is 5.91. The summed E-state index contributed by atoms with van der Waals surface area (Å²) in [6, 6.07) is 3.71. The van der Waals surface area contributed by atoms with Gasteiger partial charge in [0.05, 0.1) is 31.8 Å². The van der Waals surface area contributed by atoms with Gasteiger partial charge in [0.2, 0.25) is 11.8 Å². The number of allylic oxidation sites excluding steroid dienone is 1. The van der Waals surface area contributed by atoms with Crippen molar-refractivity contribution in [3.8, 4) is 11.6 Å². The first-order valence-corrected chi connectivity index (χ1v) is 16.0. The monoisotopic (exact) mass is 622 g/mol. The van der Waals surface area contributed by atoms with Crippen LogP contribution in [0.2, 0.25) is 0 Å². The average Bonchev–Trinajstić information content (AvgIpc) is 3.61. The van der Waals surface area contributed by atoms with Crippen LogP contribution in [0.1, 0.15) is 71.4 Å². The molecule has 2 bridgehead atoms. The number of aryl methyl sites for hydroxylation is 1. The van der Waals surface area contributed by atoms with Gasteiger partial charge in [-0.25, -0.2) is 19.6 Å². The molecule has 45 heavy (non-hydrogen) atoms. The zero-order valence-corrected chi connectivity index (χ0v) is 27.0. The Morgan fingerprint density at radius 3 is 2.58 bits per heavy atom. The fourth-order valence-electron chi connectivity index (χ4n) is 6.83. The largest absolute Gasteiger partial charge is 0.497 e. The molecule has 5 rings (SSSR count). The summed E-state index contributed by atoms with van der Waals surface area (Å²) < 4.78 is 23.0. The van der Waals surface area contributed by atoms with Crippen molar-refractivity contribution in [1.29, 1.82) is 0 Å². The molecule has 0 radical (unpaired) electrons. The number of ether oxygens (including phenoxy) is 4. The van der Waals surface area contributed by atoms with E-state index in [1.807, 2.05) is 45.0 Å². The van der Waals surface area contributed by atoms with Gasteiger partial charge in [0.1, 0.15) is 35.7 Å². The summed E-state index contributed by atoms with van der Waals surface area (Å²) in [4.78, 5) is 51.7. The summed E-state index contributed by atoms with van der Waals surface area (Å²) in [7, 11) is 2.90. The first kappa shape index (κ1) is 32.5. The number of hydrogen-bond acceptors (Lipinski definition) is 9. The lowest BCUT2D eigenvalue weighted by atomic mass is 9.85. The maximum Gasteiger partial charge on any atom is 0.408 e. The fourth-order valence-corrected chi connectivity index (χ4v) is 6.83. The molecule has 1 saturated carbocycles. The number of nitrogens with zero attached hydrogens (tertiary/aromatic N) is 3. The molecule has 3 aliphatic rings. The Hall–Kier alpha value is -3.89. The molecule has 244 valence electrons. The van der Waals surface area contributed by atoms with E-state index < -0.39 is 41.6 Å². The van der Waals surface area contributed by atoms with Crippen LogP contribution in [-0.2, 0) is 25.5 Å². The Morgan fingerprint density at radius 1 is 1.07 bits per heavy atom. The normalized spacial score (nSPS) is 28.1. The number of alkyl carbamates (subject to hydrolysis) is 1. The molecule has 1 aromatic heterocycles. The van der Waals surface area contributed by atoms with Crippen molar-refractivity contribution in [2.75, 3.05) is 20.8 Å². The molecule has 1 saturated heterocycles. The number of benzene rings is 1. The maximum atomic E-state index is 14.2. The predicted octanol–water partition coefficient (Wildman–Crippen LogP) is 5.00. The SMILES string of the molecule is C=C[C@@H]1C[C@H]2CCCCCc3nc4ccc(OC)cc4nc3O[C@@H]3C[C@@H](C(=O)OC)N(C3)C(=O)[C@H](C(C)(C)C)NC(=O)O[C@@H]2C1.